The number of nitrogens with zero attached hydrogens (tertiary/aromatic N) is 3. The van der Waals surface area contributed by atoms with Crippen LogP contribution in [-0.2, 0) is 9.53 Å². The van der Waals surface area contributed by atoms with E-state index in [4.69, 9.17) is 4.74 Å². The van der Waals surface area contributed by atoms with Crippen LogP contribution in [0.15, 0.2) is 29.4 Å². The van der Waals surface area contributed by atoms with Gasteiger partial charge in [0.15, 0.2) is 6.40 Å². The van der Waals surface area contributed by atoms with Gasteiger partial charge in [0.25, 0.3) is 0 Å². The third kappa shape index (κ3) is 17.2. The number of aliphatic imine (C=N–C) groups is 1. The maximum atomic E-state index is 11.7. The molecule has 0 spiro atoms. The van der Waals surface area contributed by atoms with Gasteiger partial charge in [0.05, 0.1) is 6.61 Å². The maximum Gasteiger partial charge on any atom is 0.223 e. The molecule has 0 unspecified atom stereocenters. The fraction of sp³-hybridized carbons (Fsp3) is 0.700. The predicted octanol–water partition coefficient (Wildman–Crippen LogP) is 2.68. The molecule has 0 bridgehead atoms. The Morgan fingerprint density at radius 1 is 1.15 bits per heavy atom. The van der Waals surface area contributed by atoms with Crippen LogP contribution in [0.5, 0.6) is 0 Å². The number of carbonyl (C=O) groups is 1. The van der Waals surface area contributed by atoms with Gasteiger partial charge < -0.3 is 19.9 Å². The van der Waals surface area contributed by atoms with Crippen molar-refractivity contribution in [3.63, 3.8) is 0 Å². The largest absolute Gasteiger partial charge is 0.483 e. The maximum absolute atomic E-state index is 11.7. The van der Waals surface area contributed by atoms with Crippen molar-refractivity contribution in [1.82, 2.24) is 15.1 Å². The summed E-state index contributed by atoms with van der Waals surface area (Å²) in [6, 6.07) is 0. The zero-order chi connectivity index (χ0) is 19.5. The lowest BCUT2D eigenvalue weighted by Gasteiger charge is -2.19. The number of amides is 1. The summed E-state index contributed by atoms with van der Waals surface area (Å²) in [6.07, 6.45) is 12.4. The molecule has 0 aromatic heterocycles. The smallest absolute Gasteiger partial charge is 0.223 e. The van der Waals surface area contributed by atoms with Crippen LogP contribution >= 0.6 is 0 Å². The molecule has 150 valence electrons. The Kier molecular flexibility index (Phi) is 17.0. The van der Waals surface area contributed by atoms with E-state index >= 15 is 0 Å². The number of rotatable bonds is 16. The van der Waals surface area contributed by atoms with Crippen molar-refractivity contribution in [2.45, 2.75) is 39.5 Å². The summed E-state index contributed by atoms with van der Waals surface area (Å²) in [4.78, 5) is 20.2. The Bertz CT molecular complexity index is 420. The lowest BCUT2D eigenvalue weighted by atomic mass is 10.3. The molecule has 6 nitrogen and oxygen atoms in total. The highest BCUT2D eigenvalue weighted by atomic mass is 16.5. The highest BCUT2D eigenvalue weighted by molar-refractivity contribution is 5.77. The Morgan fingerprint density at radius 3 is 2.65 bits per heavy atom. The van der Waals surface area contributed by atoms with Crippen LogP contribution in [0.25, 0.3) is 0 Å². The Morgan fingerprint density at radius 2 is 1.96 bits per heavy atom. The van der Waals surface area contributed by atoms with Crippen LogP contribution in [0.3, 0.4) is 0 Å². The van der Waals surface area contributed by atoms with Crippen molar-refractivity contribution >= 4 is 12.3 Å². The van der Waals surface area contributed by atoms with Crippen molar-refractivity contribution in [1.29, 1.82) is 0 Å². The van der Waals surface area contributed by atoms with Gasteiger partial charge >= 0.3 is 0 Å². The van der Waals surface area contributed by atoms with E-state index in [1.54, 1.807) is 12.3 Å². The van der Waals surface area contributed by atoms with Gasteiger partial charge in [-0.1, -0.05) is 25.2 Å². The molecule has 0 aliphatic rings. The minimum Gasteiger partial charge on any atom is -0.483 e. The fourth-order valence-corrected chi connectivity index (χ4v) is 2.27. The molecule has 0 fully saturated rings. The van der Waals surface area contributed by atoms with Gasteiger partial charge in [-0.3, -0.25) is 4.79 Å². The van der Waals surface area contributed by atoms with Crippen LogP contribution in [0, 0.1) is 0 Å². The fourth-order valence-electron chi connectivity index (χ4n) is 2.27. The molecular weight excluding hydrogens is 328 g/mol. The Balaban J connectivity index is 3.63. The summed E-state index contributed by atoms with van der Waals surface area (Å²) < 4.78 is 5.26. The molecule has 0 saturated carbocycles. The minimum absolute atomic E-state index is 0.0281. The minimum atomic E-state index is 0.0281. The number of carbonyl (C=O) groups excluding carboxylic acids is 1. The third-order valence-corrected chi connectivity index (χ3v) is 3.77. The number of allylic oxidation sites excluding steroid dienone is 1. The lowest BCUT2D eigenvalue weighted by molar-refractivity contribution is -0.120. The van der Waals surface area contributed by atoms with E-state index in [1.165, 1.54) is 6.40 Å². The van der Waals surface area contributed by atoms with E-state index in [9.17, 15) is 4.79 Å². The topological polar surface area (TPSA) is 57.2 Å². The third-order valence-electron chi connectivity index (χ3n) is 3.77. The molecule has 0 aromatic carbocycles. The molecule has 1 N–H and O–H groups in total. The average Bonchev–Trinajstić information content (AvgIpc) is 2.62. The van der Waals surface area contributed by atoms with Gasteiger partial charge in [0, 0.05) is 32.3 Å². The average molecular weight is 367 g/mol. The second-order valence-electron chi connectivity index (χ2n) is 6.37. The van der Waals surface area contributed by atoms with Gasteiger partial charge in [-0.25, -0.2) is 4.99 Å². The first kappa shape index (κ1) is 24.3. The summed E-state index contributed by atoms with van der Waals surface area (Å²) in [5.41, 5.74) is 0. The second kappa shape index (κ2) is 18.1. The second-order valence-corrected chi connectivity index (χ2v) is 6.37. The number of nitrogens with one attached hydrogen (secondary N) is 1. The molecule has 0 aliphatic heterocycles. The van der Waals surface area contributed by atoms with Crippen molar-refractivity contribution in [2.75, 3.05) is 53.4 Å². The van der Waals surface area contributed by atoms with Crippen LogP contribution in [0.1, 0.15) is 39.5 Å². The van der Waals surface area contributed by atoms with Crippen LogP contribution in [0.4, 0.5) is 0 Å². The summed E-state index contributed by atoms with van der Waals surface area (Å²) in [5, 5.41) is 2.94. The number of hydrogen-bond donors (Lipinski definition) is 1. The van der Waals surface area contributed by atoms with E-state index in [0.29, 0.717) is 19.6 Å². The van der Waals surface area contributed by atoms with E-state index in [0.717, 1.165) is 45.4 Å². The van der Waals surface area contributed by atoms with Crippen molar-refractivity contribution in [3.05, 3.63) is 24.4 Å². The molecular formula is C20H38N4O2. The molecule has 0 radical (unpaired) electrons. The standard InChI is InChI=1S/C20H38N4O2/c1-5-7-8-16-24(6-2)17-10-14-22-20(25)12-9-13-21-19-26-18-11-15-23(3)4/h5,7,9,13,19H,6,8,10-12,14-18H2,1-4H3,(H,22,25)/b7-5-,13-9-,21-19+. The molecule has 1 amide bonds. The zero-order valence-corrected chi connectivity index (χ0v) is 17.1. The monoisotopic (exact) mass is 366 g/mol. The van der Waals surface area contributed by atoms with Crippen molar-refractivity contribution in [3.8, 4) is 0 Å². The van der Waals surface area contributed by atoms with Gasteiger partial charge in [-0.15, -0.1) is 0 Å². The number of hydrogen-bond acceptors (Lipinski definition) is 5. The molecule has 0 heterocycles. The van der Waals surface area contributed by atoms with Crippen LogP contribution in [-0.4, -0.2) is 75.5 Å². The molecule has 0 atom stereocenters. The molecule has 0 aromatic rings. The molecule has 26 heavy (non-hydrogen) atoms. The van der Waals surface area contributed by atoms with E-state index in [2.05, 4.69) is 39.2 Å². The van der Waals surface area contributed by atoms with Gasteiger partial charge in [-0.2, -0.15) is 0 Å². The van der Waals surface area contributed by atoms with Gasteiger partial charge in [0.1, 0.15) is 0 Å². The quantitative estimate of drug-likeness (QED) is 0.197. The van der Waals surface area contributed by atoms with Crippen LogP contribution < -0.4 is 5.32 Å². The highest BCUT2D eigenvalue weighted by Crippen LogP contribution is 1.95. The first-order valence-corrected chi connectivity index (χ1v) is 9.63. The van der Waals surface area contributed by atoms with Gasteiger partial charge in [0.2, 0.25) is 5.91 Å². The predicted molar refractivity (Wildman–Crippen MR) is 111 cm³/mol. The highest BCUT2D eigenvalue weighted by Gasteiger charge is 2.02. The first-order chi connectivity index (χ1) is 12.6. The van der Waals surface area contributed by atoms with E-state index < -0.39 is 0 Å². The molecule has 0 rings (SSSR count). The lowest BCUT2D eigenvalue weighted by Crippen LogP contribution is -2.30. The summed E-state index contributed by atoms with van der Waals surface area (Å²) in [5.74, 6) is 0.0281. The molecule has 0 saturated heterocycles. The zero-order valence-electron chi connectivity index (χ0n) is 17.1. The summed E-state index contributed by atoms with van der Waals surface area (Å²) in [7, 11) is 4.07. The first-order valence-electron chi connectivity index (χ1n) is 9.63. The van der Waals surface area contributed by atoms with Gasteiger partial charge in [-0.05, 0) is 53.4 Å². The van der Waals surface area contributed by atoms with E-state index in [1.807, 2.05) is 21.0 Å². The SMILES string of the molecule is C/C=C\CCN(CC)CCCNC(=O)C/C=C\N=C\OCCCN(C)C. The van der Waals surface area contributed by atoms with Crippen LogP contribution in [0.2, 0.25) is 0 Å². The van der Waals surface area contributed by atoms with Crippen molar-refractivity contribution in [2.24, 2.45) is 4.99 Å². The summed E-state index contributed by atoms with van der Waals surface area (Å²) in [6.45, 7) is 9.71. The number of ether oxygens (including phenoxy) is 1. The Hall–Kier alpha value is -1.66. The van der Waals surface area contributed by atoms with E-state index in [-0.39, 0.29) is 5.91 Å². The molecule has 0 aliphatic carbocycles. The Labute approximate surface area is 160 Å². The van der Waals surface area contributed by atoms with Crippen molar-refractivity contribution < 1.29 is 9.53 Å². The normalized spacial score (nSPS) is 12.2. The molecule has 6 heteroatoms. The summed E-state index contributed by atoms with van der Waals surface area (Å²) >= 11 is 0.